The average Bonchev–Trinajstić information content (AvgIpc) is 2.91. The molecule has 0 fully saturated rings. The lowest BCUT2D eigenvalue weighted by Gasteiger charge is -2.02. The number of aryl methyl sites for hydroxylation is 2. The normalized spacial score (nSPS) is 10.4. The molecule has 0 saturated carbocycles. The van der Waals surface area contributed by atoms with Crippen molar-refractivity contribution in [1.82, 2.24) is 14.6 Å². The molecule has 4 heteroatoms. The molecule has 0 radical (unpaired) electrons. The zero-order valence-electron chi connectivity index (χ0n) is 11.7. The van der Waals surface area contributed by atoms with E-state index in [0.29, 0.717) is 0 Å². The third-order valence-corrected chi connectivity index (χ3v) is 3.68. The Bertz CT molecular complexity index is 840. The Morgan fingerprint density at radius 2 is 2.14 bits per heavy atom. The van der Waals surface area contributed by atoms with Gasteiger partial charge in [-0.15, -0.1) is 0 Å². The van der Waals surface area contributed by atoms with Gasteiger partial charge in [0.2, 0.25) is 0 Å². The second-order valence-electron chi connectivity index (χ2n) is 4.78. The van der Waals surface area contributed by atoms with Crippen LogP contribution in [0.3, 0.4) is 0 Å². The summed E-state index contributed by atoms with van der Waals surface area (Å²) in [4.78, 5) is 4.29. The van der Waals surface area contributed by atoms with Crippen LogP contribution in [0, 0.1) is 18.8 Å². The van der Waals surface area contributed by atoms with Crippen molar-refractivity contribution in [3.63, 3.8) is 0 Å². The maximum atomic E-state index is 4.29. The summed E-state index contributed by atoms with van der Waals surface area (Å²) in [6.07, 6.45) is 4.50. The molecule has 0 aliphatic carbocycles. The van der Waals surface area contributed by atoms with Gasteiger partial charge in [0, 0.05) is 17.1 Å². The molecule has 3 nitrogen and oxygen atoms in total. The van der Waals surface area contributed by atoms with Crippen molar-refractivity contribution in [3.05, 3.63) is 65.1 Å². The molecule has 2 heterocycles. The first-order chi connectivity index (χ1) is 10.3. The van der Waals surface area contributed by atoms with E-state index in [-0.39, 0.29) is 0 Å². The first-order valence-electron chi connectivity index (χ1n) is 6.74. The number of halogens is 1. The summed E-state index contributed by atoms with van der Waals surface area (Å²) in [5.74, 6) is 6.41. The molecule has 0 unspecified atom stereocenters. The van der Waals surface area contributed by atoms with Crippen LogP contribution in [0.1, 0.15) is 22.4 Å². The zero-order valence-corrected chi connectivity index (χ0v) is 13.3. The number of imidazole rings is 1. The Morgan fingerprint density at radius 3 is 3.00 bits per heavy atom. The number of rotatable bonds is 2. The predicted octanol–water partition coefficient (Wildman–Crippen LogP) is 3.37. The summed E-state index contributed by atoms with van der Waals surface area (Å²) in [6, 6.07) is 10.2. The summed E-state index contributed by atoms with van der Waals surface area (Å²) >= 11 is 3.47. The molecule has 0 saturated heterocycles. The molecule has 0 aliphatic rings. The Morgan fingerprint density at radius 1 is 1.24 bits per heavy atom. The number of benzene rings is 1. The molecule has 3 aromatic rings. The van der Waals surface area contributed by atoms with Crippen molar-refractivity contribution in [2.24, 2.45) is 0 Å². The molecule has 0 atom stereocenters. The van der Waals surface area contributed by atoms with Crippen LogP contribution < -0.4 is 0 Å². The van der Waals surface area contributed by atoms with Crippen LogP contribution >= 0.6 is 15.9 Å². The minimum absolute atomic E-state index is 0.802. The maximum absolute atomic E-state index is 4.29. The highest BCUT2D eigenvalue weighted by molar-refractivity contribution is 9.09. The zero-order chi connectivity index (χ0) is 14.7. The molecule has 3 rings (SSSR count). The summed E-state index contributed by atoms with van der Waals surface area (Å²) < 4.78 is 1.75. The van der Waals surface area contributed by atoms with Gasteiger partial charge < -0.3 is 0 Å². The van der Waals surface area contributed by atoms with Gasteiger partial charge in [-0.25, -0.2) is 9.50 Å². The Labute approximate surface area is 132 Å². The Hall–Kier alpha value is -2.12. The van der Waals surface area contributed by atoms with Crippen LogP contribution in [0.2, 0.25) is 0 Å². The van der Waals surface area contributed by atoms with E-state index >= 15 is 0 Å². The molecule has 0 aliphatic heterocycles. The number of fused-ring (bicyclic) bond motifs is 1. The first kappa shape index (κ1) is 13.8. The molecule has 0 N–H and O–H groups in total. The highest BCUT2D eigenvalue weighted by atomic mass is 79.9. The van der Waals surface area contributed by atoms with Gasteiger partial charge in [0.1, 0.15) is 5.69 Å². The minimum atomic E-state index is 0.802. The van der Waals surface area contributed by atoms with E-state index in [9.17, 15) is 0 Å². The number of hydrogen-bond donors (Lipinski definition) is 0. The van der Waals surface area contributed by atoms with Crippen LogP contribution in [0.15, 0.2) is 42.7 Å². The largest absolute Gasteiger partial charge is 0.234 e. The topological polar surface area (TPSA) is 30.2 Å². The molecule has 21 heavy (non-hydrogen) atoms. The predicted molar refractivity (Wildman–Crippen MR) is 87.6 cm³/mol. The molecule has 0 amide bonds. The van der Waals surface area contributed by atoms with E-state index in [4.69, 9.17) is 0 Å². The molecule has 104 valence electrons. The Balaban J connectivity index is 1.99. The van der Waals surface area contributed by atoms with E-state index in [1.807, 2.05) is 12.1 Å². The lowest BCUT2D eigenvalue weighted by atomic mass is 10.0. The van der Waals surface area contributed by atoms with Crippen molar-refractivity contribution in [1.29, 1.82) is 0 Å². The first-order valence-corrected chi connectivity index (χ1v) is 7.86. The molecule has 1 aromatic carbocycles. The van der Waals surface area contributed by atoms with E-state index in [1.54, 1.807) is 16.9 Å². The molecule has 0 spiro atoms. The monoisotopic (exact) mass is 339 g/mol. The maximum Gasteiger partial charge on any atom is 0.154 e. The van der Waals surface area contributed by atoms with Gasteiger partial charge >= 0.3 is 0 Å². The third-order valence-electron chi connectivity index (χ3n) is 3.29. The van der Waals surface area contributed by atoms with Crippen molar-refractivity contribution < 1.29 is 0 Å². The summed E-state index contributed by atoms with van der Waals surface area (Å²) in [5.41, 5.74) is 5.14. The van der Waals surface area contributed by atoms with Crippen LogP contribution in [0.4, 0.5) is 0 Å². The number of hydrogen-bond acceptors (Lipinski definition) is 2. The van der Waals surface area contributed by atoms with Gasteiger partial charge in [0.15, 0.2) is 5.65 Å². The lowest BCUT2D eigenvalue weighted by molar-refractivity contribution is 0.923. The van der Waals surface area contributed by atoms with Crippen LogP contribution in [-0.4, -0.2) is 19.9 Å². The number of nitrogens with zero attached hydrogens (tertiary/aromatic N) is 3. The second-order valence-corrected chi connectivity index (χ2v) is 5.57. The van der Waals surface area contributed by atoms with Crippen molar-refractivity contribution in [3.8, 4) is 11.8 Å². The van der Waals surface area contributed by atoms with Gasteiger partial charge in [0.05, 0.1) is 6.20 Å². The van der Waals surface area contributed by atoms with Gasteiger partial charge in [0.25, 0.3) is 0 Å². The van der Waals surface area contributed by atoms with E-state index < -0.39 is 0 Å². The Kier molecular flexibility index (Phi) is 4.03. The summed E-state index contributed by atoms with van der Waals surface area (Å²) in [5, 5.41) is 5.23. The fraction of sp³-hybridized carbons (Fsp3) is 0.176. The van der Waals surface area contributed by atoms with E-state index in [0.717, 1.165) is 28.7 Å². The van der Waals surface area contributed by atoms with Gasteiger partial charge in [-0.1, -0.05) is 34.0 Å². The average molecular weight is 340 g/mol. The molecular formula is C17H14BrN3. The fourth-order valence-electron chi connectivity index (χ4n) is 2.11. The second kappa shape index (κ2) is 6.11. The lowest BCUT2D eigenvalue weighted by Crippen LogP contribution is -1.93. The van der Waals surface area contributed by atoms with E-state index in [1.165, 1.54) is 11.1 Å². The standard InChI is InChI=1S/C17H14BrN3/c1-13-4-5-14(8-9-18)11-15(13)6-7-16-12-19-17-3-2-10-20-21(16)17/h2-5,10-12H,8-9H2,1H3. The molecule has 2 aromatic heterocycles. The summed E-state index contributed by atoms with van der Waals surface area (Å²) in [6.45, 7) is 2.08. The van der Waals surface area contributed by atoms with Gasteiger partial charge in [-0.05, 0) is 48.6 Å². The van der Waals surface area contributed by atoms with Crippen LogP contribution in [0.25, 0.3) is 5.65 Å². The highest BCUT2D eigenvalue weighted by Gasteiger charge is 2.01. The highest BCUT2D eigenvalue weighted by Crippen LogP contribution is 2.12. The minimum Gasteiger partial charge on any atom is -0.234 e. The van der Waals surface area contributed by atoms with Crippen molar-refractivity contribution >= 4 is 21.6 Å². The summed E-state index contributed by atoms with van der Waals surface area (Å²) in [7, 11) is 0. The number of alkyl halides is 1. The van der Waals surface area contributed by atoms with Gasteiger partial charge in [-0.3, -0.25) is 0 Å². The molecular weight excluding hydrogens is 326 g/mol. The quantitative estimate of drug-likeness (QED) is 0.529. The van der Waals surface area contributed by atoms with E-state index in [2.05, 4.69) is 63.0 Å². The molecule has 0 bridgehead atoms. The third kappa shape index (κ3) is 2.98. The fourth-order valence-corrected chi connectivity index (χ4v) is 2.57. The smallest absolute Gasteiger partial charge is 0.154 e. The van der Waals surface area contributed by atoms with Crippen molar-refractivity contribution in [2.75, 3.05) is 5.33 Å². The van der Waals surface area contributed by atoms with Gasteiger partial charge in [-0.2, -0.15) is 5.10 Å². The van der Waals surface area contributed by atoms with Crippen LogP contribution in [-0.2, 0) is 6.42 Å². The SMILES string of the molecule is Cc1ccc(CCBr)cc1C#Cc1cnc2cccnn12. The van der Waals surface area contributed by atoms with Crippen molar-refractivity contribution in [2.45, 2.75) is 13.3 Å². The number of aromatic nitrogens is 3. The van der Waals surface area contributed by atoms with Crippen LogP contribution in [0.5, 0.6) is 0 Å².